The Morgan fingerprint density at radius 1 is 0.591 bits per heavy atom. The van der Waals surface area contributed by atoms with Crippen molar-refractivity contribution >= 4 is 22.5 Å². The van der Waals surface area contributed by atoms with Crippen LogP contribution >= 0.6 is 22.5 Å². The lowest BCUT2D eigenvalue weighted by molar-refractivity contribution is 0.0547. The van der Waals surface area contributed by atoms with Crippen LogP contribution in [0.5, 0.6) is 0 Å². The molecule has 17 heteroatoms. The van der Waals surface area contributed by atoms with Crippen LogP contribution in [0.1, 0.15) is 18.4 Å². The monoisotopic (exact) mass is 673 g/mol. The van der Waals surface area contributed by atoms with Crippen molar-refractivity contribution in [3.05, 3.63) is 35.6 Å². The molecule has 246 valence electrons. The second kappa shape index (κ2) is 14.3. The zero-order valence-electron chi connectivity index (χ0n) is 25.6. The fourth-order valence-electron chi connectivity index (χ4n) is 6.69. The summed E-state index contributed by atoms with van der Waals surface area (Å²) in [6.07, 6.45) is 2.12. The number of halogens is 1. The van der Waals surface area contributed by atoms with Gasteiger partial charge in [0.25, 0.3) is 0 Å². The van der Waals surface area contributed by atoms with Crippen molar-refractivity contribution in [2.45, 2.75) is 19.4 Å². The van der Waals surface area contributed by atoms with Crippen LogP contribution < -0.4 is 5.09 Å². The van der Waals surface area contributed by atoms with Crippen LogP contribution in [0.3, 0.4) is 0 Å². The molecule has 0 saturated carbocycles. The average Bonchev–Trinajstić information content (AvgIpc) is 3.28. The summed E-state index contributed by atoms with van der Waals surface area (Å²) < 4.78 is 68.7. The molecule has 13 nitrogen and oxygen atoms in total. The molecular formula is C27H47FN9O4P3. The second-order valence-corrected chi connectivity index (χ2v) is 20.4. The first kappa shape index (κ1) is 32.0. The molecule has 5 saturated heterocycles. The standard InChI is InChI=1S/C27H47FN9O4P3/c28-27-5-3-26(4-6-27)25-37-8-2-1-7-29-42(37)30-43(33-9-17-38-18-10-33,34-11-19-39-20-12-34)32-44(31-42,35-13-21-40-22-14-35)36-15-23-41-24-16-36/h3-6,29H,1-2,7-25H2. The number of hydrogen-bond donors (Lipinski definition) is 1. The number of nitrogens with one attached hydrogen (secondary N) is 1. The van der Waals surface area contributed by atoms with E-state index in [1.54, 1.807) is 12.1 Å². The van der Waals surface area contributed by atoms with Gasteiger partial charge in [-0.05, 0) is 30.5 Å². The molecule has 0 aromatic heterocycles. The van der Waals surface area contributed by atoms with Crippen molar-refractivity contribution in [3.8, 4) is 0 Å². The molecule has 0 aliphatic carbocycles. The molecule has 1 unspecified atom stereocenters. The Balaban J connectivity index is 1.49. The smallest absolute Gasteiger partial charge is 0.221 e. The molecular weight excluding hydrogens is 626 g/mol. The molecule has 5 fully saturated rings. The van der Waals surface area contributed by atoms with Gasteiger partial charge in [-0.2, -0.15) is 13.5 Å². The summed E-state index contributed by atoms with van der Waals surface area (Å²) in [4.78, 5) is 0. The van der Waals surface area contributed by atoms with E-state index < -0.39 is 22.5 Å². The predicted octanol–water partition coefficient (Wildman–Crippen LogP) is 4.19. The molecule has 44 heavy (non-hydrogen) atoms. The van der Waals surface area contributed by atoms with Crippen molar-refractivity contribution in [2.24, 2.45) is 13.5 Å². The van der Waals surface area contributed by atoms with Crippen LogP contribution in [0.25, 0.3) is 0 Å². The van der Waals surface area contributed by atoms with E-state index in [1.807, 2.05) is 12.1 Å². The molecule has 6 heterocycles. The first-order valence-electron chi connectivity index (χ1n) is 16.1. The molecule has 6 aliphatic rings. The maximum Gasteiger partial charge on any atom is 0.221 e. The molecule has 1 aromatic rings. The quantitative estimate of drug-likeness (QED) is 0.443. The molecule has 0 radical (unpaired) electrons. The first-order chi connectivity index (χ1) is 21.6. The van der Waals surface area contributed by atoms with Gasteiger partial charge in [-0.15, -0.1) is 0 Å². The average molecular weight is 674 g/mol. The highest BCUT2D eigenvalue weighted by atomic mass is 31.3. The Morgan fingerprint density at radius 3 is 1.52 bits per heavy atom. The first-order valence-corrected chi connectivity index (χ1v) is 21.0. The summed E-state index contributed by atoms with van der Waals surface area (Å²) in [5.74, 6) is -0.216. The van der Waals surface area contributed by atoms with Gasteiger partial charge in [0.05, 0.1) is 52.9 Å². The molecule has 7 rings (SSSR count). The molecule has 1 spiro atoms. The zero-order valence-corrected chi connectivity index (χ0v) is 28.3. The summed E-state index contributed by atoms with van der Waals surface area (Å²) in [7, 11) is -8.04. The van der Waals surface area contributed by atoms with Crippen LogP contribution in [-0.4, -0.2) is 142 Å². The normalized spacial score (nSPS) is 31.5. The van der Waals surface area contributed by atoms with Gasteiger partial charge < -0.3 is 18.9 Å². The third kappa shape index (κ3) is 6.46. The Kier molecular flexibility index (Phi) is 10.4. The highest BCUT2D eigenvalue weighted by Crippen LogP contribution is 2.82. The van der Waals surface area contributed by atoms with Gasteiger partial charge in [-0.3, -0.25) is 5.09 Å². The van der Waals surface area contributed by atoms with Gasteiger partial charge in [0.15, 0.2) is 0 Å². The van der Waals surface area contributed by atoms with Gasteiger partial charge >= 0.3 is 0 Å². The summed E-state index contributed by atoms with van der Waals surface area (Å²) in [6.45, 7) is 14.1. The Hall–Kier alpha value is -0.560. The van der Waals surface area contributed by atoms with Crippen molar-refractivity contribution in [3.63, 3.8) is 0 Å². The number of nitrogens with zero attached hydrogens (tertiary/aromatic N) is 8. The van der Waals surface area contributed by atoms with Crippen LogP contribution in [0.15, 0.2) is 37.8 Å². The predicted molar refractivity (Wildman–Crippen MR) is 172 cm³/mol. The summed E-state index contributed by atoms with van der Waals surface area (Å²) in [6, 6.07) is 6.94. The number of rotatable bonds is 6. The van der Waals surface area contributed by atoms with E-state index in [4.69, 9.17) is 32.5 Å². The minimum absolute atomic E-state index is 0.216. The van der Waals surface area contributed by atoms with Crippen LogP contribution in [-0.2, 0) is 25.5 Å². The van der Waals surface area contributed by atoms with Gasteiger partial charge in [-0.1, -0.05) is 12.1 Å². The highest BCUT2D eigenvalue weighted by Gasteiger charge is 2.51. The fraction of sp³-hybridized carbons (Fsp3) is 0.778. The summed E-state index contributed by atoms with van der Waals surface area (Å²) in [5.41, 5.74) is 1.07. The van der Waals surface area contributed by atoms with E-state index in [0.717, 1.165) is 83.9 Å². The van der Waals surface area contributed by atoms with E-state index in [2.05, 4.69) is 28.4 Å². The van der Waals surface area contributed by atoms with E-state index >= 15 is 0 Å². The van der Waals surface area contributed by atoms with Crippen molar-refractivity contribution in [1.82, 2.24) is 28.4 Å². The van der Waals surface area contributed by atoms with Crippen LogP contribution in [0.4, 0.5) is 4.39 Å². The molecule has 1 N–H and O–H groups in total. The van der Waals surface area contributed by atoms with E-state index in [-0.39, 0.29) is 5.82 Å². The topological polar surface area (TPSA) is 102 Å². The molecule has 1 aromatic carbocycles. The minimum Gasteiger partial charge on any atom is -0.379 e. The Bertz CT molecular complexity index is 1210. The fourth-order valence-corrected chi connectivity index (χ4v) is 22.0. The van der Waals surface area contributed by atoms with E-state index in [0.29, 0.717) is 59.4 Å². The van der Waals surface area contributed by atoms with E-state index in [9.17, 15) is 4.39 Å². The van der Waals surface area contributed by atoms with Crippen LogP contribution in [0, 0.1) is 5.82 Å². The lowest BCUT2D eigenvalue weighted by atomic mass is 10.2. The van der Waals surface area contributed by atoms with E-state index in [1.165, 1.54) is 0 Å². The number of hydrogen-bond acceptors (Lipinski definition) is 13. The van der Waals surface area contributed by atoms with Gasteiger partial charge in [0.1, 0.15) is 5.82 Å². The second-order valence-electron chi connectivity index (χ2n) is 11.8. The van der Waals surface area contributed by atoms with Gasteiger partial charge in [0.2, 0.25) is 22.5 Å². The van der Waals surface area contributed by atoms with Crippen LogP contribution in [0.2, 0.25) is 0 Å². The SMILES string of the molecule is Fc1ccc(CN2CCCCNP23=NP(N2CCOCC2)(N2CCOCC2)=NP(N2CCOCC2)(N2CCOCC2)=N3)cc1. The minimum atomic E-state index is -2.71. The van der Waals surface area contributed by atoms with Gasteiger partial charge in [-0.25, -0.2) is 27.7 Å². The Labute approximate surface area is 261 Å². The maximum atomic E-state index is 14.0. The molecule has 0 bridgehead atoms. The third-order valence-corrected chi connectivity index (χ3v) is 21.3. The number of benzene rings is 1. The number of morpholine rings is 4. The molecule has 6 aliphatic heterocycles. The molecule has 1 atom stereocenters. The molecule has 0 amide bonds. The van der Waals surface area contributed by atoms with Crippen molar-refractivity contribution in [2.75, 3.05) is 118 Å². The van der Waals surface area contributed by atoms with Gasteiger partial charge in [0, 0.05) is 72.0 Å². The lowest BCUT2D eigenvalue weighted by Gasteiger charge is -2.52. The Morgan fingerprint density at radius 2 is 1.05 bits per heavy atom. The van der Waals surface area contributed by atoms with Crippen molar-refractivity contribution in [1.29, 1.82) is 0 Å². The summed E-state index contributed by atoms with van der Waals surface area (Å²) in [5, 5.41) is 4.04. The highest BCUT2D eigenvalue weighted by molar-refractivity contribution is 7.83. The third-order valence-electron chi connectivity index (χ3n) is 9.04. The largest absolute Gasteiger partial charge is 0.379 e. The van der Waals surface area contributed by atoms with Crippen molar-refractivity contribution < 1.29 is 23.3 Å². The zero-order chi connectivity index (χ0) is 29.9. The maximum absolute atomic E-state index is 14.0. The lowest BCUT2D eigenvalue weighted by Crippen LogP contribution is -2.46. The number of ether oxygens (including phenoxy) is 4. The summed E-state index contributed by atoms with van der Waals surface area (Å²) >= 11 is 0.